The average Bonchev–Trinajstić information content (AvgIpc) is 2.53. The number of ether oxygens (including phenoxy) is 2. The molecule has 0 bridgehead atoms. The Hall–Kier alpha value is -1.82. The fourth-order valence-electron chi connectivity index (χ4n) is 4.10. The summed E-state index contributed by atoms with van der Waals surface area (Å²) in [5.74, 6) is -1.62. The van der Waals surface area contributed by atoms with Crippen LogP contribution in [0.5, 0.6) is 0 Å². The molecule has 1 aliphatic carbocycles. The van der Waals surface area contributed by atoms with E-state index < -0.39 is 34.8 Å². The molecule has 2 heterocycles. The minimum Gasteiger partial charge on any atom is -0.502 e. The Balaban J connectivity index is 2.21. The van der Waals surface area contributed by atoms with E-state index in [1.807, 2.05) is 6.92 Å². The second-order valence-electron chi connectivity index (χ2n) is 7.52. The third-order valence-corrected chi connectivity index (χ3v) is 5.36. The third kappa shape index (κ3) is 2.19. The Labute approximate surface area is 141 Å². The fraction of sp³-hybridized carbons (Fsp3) is 0.667. The highest BCUT2D eigenvalue weighted by Crippen LogP contribution is 2.55. The number of allylic oxidation sites excluding steroid dienone is 1. The van der Waals surface area contributed by atoms with Crippen molar-refractivity contribution in [3.8, 4) is 0 Å². The zero-order valence-electron chi connectivity index (χ0n) is 14.5. The second kappa shape index (κ2) is 5.34. The molecule has 0 aromatic rings. The first-order valence-electron chi connectivity index (χ1n) is 8.45. The SMILES string of the molecule is CCCC[C@]1(C)C[C@@]2(C)C3=C(O1)C(=O)[C@H](C)OC3=C(O)C(=O)[C@H]2O. The lowest BCUT2D eigenvalue weighted by Crippen LogP contribution is -2.56. The van der Waals surface area contributed by atoms with Crippen molar-refractivity contribution in [3.05, 3.63) is 22.9 Å². The van der Waals surface area contributed by atoms with Gasteiger partial charge < -0.3 is 19.7 Å². The van der Waals surface area contributed by atoms with Crippen molar-refractivity contribution in [3.63, 3.8) is 0 Å². The van der Waals surface area contributed by atoms with Crippen LogP contribution in [0.4, 0.5) is 0 Å². The van der Waals surface area contributed by atoms with Gasteiger partial charge >= 0.3 is 0 Å². The van der Waals surface area contributed by atoms with E-state index in [4.69, 9.17) is 9.47 Å². The number of hydrogen-bond acceptors (Lipinski definition) is 6. The van der Waals surface area contributed by atoms with Gasteiger partial charge in [-0.3, -0.25) is 9.59 Å². The average molecular weight is 336 g/mol. The molecule has 132 valence electrons. The summed E-state index contributed by atoms with van der Waals surface area (Å²) < 4.78 is 11.6. The molecule has 0 aromatic carbocycles. The Kier molecular flexibility index (Phi) is 3.79. The summed E-state index contributed by atoms with van der Waals surface area (Å²) in [6, 6.07) is 0. The molecule has 0 fully saturated rings. The molecule has 6 heteroatoms. The summed E-state index contributed by atoms with van der Waals surface area (Å²) in [5.41, 5.74) is -1.36. The number of hydrogen-bond donors (Lipinski definition) is 2. The van der Waals surface area contributed by atoms with Crippen LogP contribution in [0.15, 0.2) is 22.9 Å². The summed E-state index contributed by atoms with van der Waals surface area (Å²) in [6.07, 6.45) is 0.691. The topological polar surface area (TPSA) is 93.1 Å². The summed E-state index contributed by atoms with van der Waals surface area (Å²) in [4.78, 5) is 24.9. The fourth-order valence-corrected chi connectivity index (χ4v) is 4.10. The molecule has 3 aliphatic rings. The van der Waals surface area contributed by atoms with Gasteiger partial charge in [-0.15, -0.1) is 0 Å². The van der Waals surface area contributed by atoms with Crippen LogP contribution < -0.4 is 0 Å². The molecule has 24 heavy (non-hydrogen) atoms. The summed E-state index contributed by atoms with van der Waals surface area (Å²) in [6.45, 7) is 7.26. The lowest BCUT2D eigenvalue weighted by Gasteiger charge is -2.51. The van der Waals surface area contributed by atoms with Crippen LogP contribution in [-0.4, -0.2) is 39.6 Å². The Morgan fingerprint density at radius 2 is 1.88 bits per heavy atom. The Morgan fingerprint density at radius 3 is 2.50 bits per heavy atom. The number of rotatable bonds is 3. The van der Waals surface area contributed by atoms with E-state index in [0.717, 1.165) is 12.8 Å². The number of Topliss-reactive ketones (excluding diaryl/α,β-unsaturated/α-hetero) is 2. The molecule has 6 nitrogen and oxygen atoms in total. The molecule has 0 saturated heterocycles. The van der Waals surface area contributed by atoms with Gasteiger partial charge in [0.25, 0.3) is 0 Å². The van der Waals surface area contributed by atoms with Crippen LogP contribution in [0.25, 0.3) is 0 Å². The van der Waals surface area contributed by atoms with Crippen LogP contribution in [0, 0.1) is 5.41 Å². The molecular weight excluding hydrogens is 312 g/mol. The second-order valence-corrected chi connectivity index (χ2v) is 7.52. The largest absolute Gasteiger partial charge is 0.502 e. The molecule has 0 saturated carbocycles. The molecule has 0 spiro atoms. The molecule has 2 aliphatic heterocycles. The zero-order valence-corrected chi connectivity index (χ0v) is 14.5. The van der Waals surface area contributed by atoms with Crippen molar-refractivity contribution in [2.75, 3.05) is 0 Å². The highest BCUT2D eigenvalue weighted by Gasteiger charge is 2.60. The first-order valence-corrected chi connectivity index (χ1v) is 8.45. The summed E-state index contributed by atoms with van der Waals surface area (Å²) >= 11 is 0. The zero-order chi connectivity index (χ0) is 17.9. The molecular formula is C18H24O6. The lowest BCUT2D eigenvalue weighted by atomic mass is 9.62. The summed E-state index contributed by atoms with van der Waals surface area (Å²) in [7, 11) is 0. The Morgan fingerprint density at radius 1 is 1.21 bits per heavy atom. The minimum absolute atomic E-state index is 0.0209. The quantitative estimate of drug-likeness (QED) is 0.821. The normalized spacial score (nSPS) is 38.7. The molecule has 0 amide bonds. The van der Waals surface area contributed by atoms with E-state index in [1.165, 1.54) is 0 Å². The molecule has 2 N–H and O–H groups in total. The molecule has 0 radical (unpaired) electrons. The maximum absolute atomic E-state index is 12.6. The van der Waals surface area contributed by atoms with Crippen LogP contribution in [0.2, 0.25) is 0 Å². The number of ketones is 2. The predicted molar refractivity (Wildman–Crippen MR) is 85.0 cm³/mol. The highest BCUT2D eigenvalue weighted by molar-refractivity contribution is 6.05. The Bertz CT molecular complexity index is 675. The monoisotopic (exact) mass is 336 g/mol. The van der Waals surface area contributed by atoms with Crippen molar-refractivity contribution in [1.82, 2.24) is 0 Å². The van der Waals surface area contributed by atoms with Crippen molar-refractivity contribution >= 4 is 11.6 Å². The van der Waals surface area contributed by atoms with Crippen LogP contribution in [0.1, 0.15) is 53.4 Å². The van der Waals surface area contributed by atoms with E-state index in [1.54, 1.807) is 13.8 Å². The van der Waals surface area contributed by atoms with Gasteiger partial charge in [0.2, 0.25) is 17.3 Å². The van der Waals surface area contributed by atoms with E-state index in [9.17, 15) is 19.8 Å². The van der Waals surface area contributed by atoms with E-state index in [2.05, 4.69) is 6.92 Å². The number of carbonyl (C=O) groups excluding carboxylic acids is 2. The first kappa shape index (κ1) is 17.0. The number of unbranched alkanes of at least 4 members (excludes halogenated alkanes) is 1. The van der Waals surface area contributed by atoms with Crippen molar-refractivity contribution in [2.24, 2.45) is 5.41 Å². The summed E-state index contributed by atoms with van der Waals surface area (Å²) in [5, 5.41) is 20.7. The first-order chi connectivity index (χ1) is 11.1. The van der Waals surface area contributed by atoms with Gasteiger partial charge in [-0.2, -0.15) is 0 Å². The third-order valence-electron chi connectivity index (χ3n) is 5.36. The van der Waals surface area contributed by atoms with Crippen LogP contribution in [-0.2, 0) is 19.1 Å². The van der Waals surface area contributed by atoms with Gasteiger partial charge in [-0.1, -0.05) is 20.3 Å². The van der Waals surface area contributed by atoms with Gasteiger partial charge in [0.15, 0.2) is 17.6 Å². The van der Waals surface area contributed by atoms with E-state index >= 15 is 0 Å². The van der Waals surface area contributed by atoms with E-state index in [0.29, 0.717) is 18.4 Å². The number of aliphatic hydroxyl groups excluding tert-OH is 2. The maximum Gasteiger partial charge on any atom is 0.237 e. The van der Waals surface area contributed by atoms with Crippen LogP contribution >= 0.6 is 0 Å². The van der Waals surface area contributed by atoms with Gasteiger partial charge in [-0.25, -0.2) is 0 Å². The van der Waals surface area contributed by atoms with Crippen molar-refractivity contribution in [2.45, 2.75) is 71.2 Å². The van der Waals surface area contributed by atoms with Crippen molar-refractivity contribution in [1.29, 1.82) is 0 Å². The van der Waals surface area contributed by atoms with Crippen LogP contribution in [0.3, 0.4) is 0 Å². The van der Waals surface area contributed by atoms with Gasteiger partial charge in [-0.05, 0) is 33.1 Å². The van der Waals surface area contributed by atoms with Gasteiger partial charge in [0.05, 0.1) is 5.57 Å². The van der Waals surface area contributed by atoms with Crippen molar-refractivity contribution < 1.29 is 29.3 Å². The standard InChI is InChI=1S/C18H24O6/c1-5-6-7-17(3)8-18(4)10-14(12(20)13(21)16(18)22)23-9(2)11(19)15(10)24-17/h9,16,20,22H,5-8H2,1-4H3/t9-,16+,17+,18-/m0/s1. The molecule has 4 atom stereocenters. The smallest absolute Gasteiger partial charge is 0.237 e. The molecule has 3 rings (SSSR count). The molecule has 0 unspecified atom stereocenters. The number of carbonyl (C=O) groups is 2. The lowest BCUT2D eigenvalue weighted by molar-refractivity contribution is -0.152. The minimum atomic E-state index is -1.43. The van der Waals surface area contributed by atoms with Gasteiger partial charge in [0.1, 0.15) is 11.7 Å². The molecule has 0 aromatic heterocycles. The van der Waals surface area contributed by atoms with Gasteiger partial charge in [0, 0.05) is 5.41 Å². The maximum atomic E-state index is 12.6. The highest BCUT2D eigenvalue weighted by atomic mass is 16.5. The van der Waals surface area contributed by atoms with E-state index in [-0.39, 0.29) is 17.3 Å². The number of aliphatic hydroxyl groups is 2. The predicted octanol–water partition coefficient (Wildman–Crippen LogP) is 2.32.